The lowest BCUT2D eigenvalue weighted by Gasteiger charge is -2.24. The van der Waals surface area contributed by atoms with E-state index in [1.165, 1.54) is 0 Å². The molecule has 148 valence electrons. The summed E-state index contributed by atoms with van der Waals surface area (Å²) in [6.07, 6.45) is 9.71. The van der Waals surface area contributed by atoms with Crippen LogP contribution >= 0.6 is 0 Å². The summed E-state index contributed by atoms with van der Waals surface area (Å²) in [5.41, 5.74) is 3.69. The lowest BCUT2D eigenvalue weighted by atomic mass is 10.1. The molecule has 7 heteroatoms. The molecule has 29 heavy (non-hydrogen) atoms. The SMILES string of the molecule is C=C/C(=C\C=C(/C)c1n[nH]c(=O)o1)CN1CCC[C@@H]1c1ccc2cccnc2n1. The predicted octanol–water partition coefficient (Wildman–Crippen LogP) is 3.66. The average molecular weight is 389 g/mol. The van der Waals surface area contributed by atoms with Gasteiger partial charge < -0.3 is 4.42 Å². The van der Waals surface area contributed by atoms with Crippen molar-refractivity contribution in [3.63, 3.8) is 0 Å². The number of hydrogen-bond acceptors (Lipinski definition) is 6. The van der Waals surface area contributed by atoms with Crippen LogP contribution in [0.3, 0.4) is 0 Å². The molecule has 0 spiro atoms. The molecule has 1 aliphatic rings. The Morgan fingerprint density at radius 1 is 1.38 bits per heavy atom. The van der Waals surface area contributed by atoms with Gasteiger partial charge in [-0.25, -0.2) is 19.9 Å². The number of hydrogen-bond donors (Lipinski definition) is 1. The van der Waals surface area contributed by atoms with Crippen LogP contribution in [0, 0.1) is 0 Å². The van der Waals surface area contributed by atoms with Crippen molar-refractivity contribution in [3.8, 4) is 0 Å². The van der Waals surface area contributed by atoms with Crippen LogP contribution in [0.4, 0.5) is 0 Å². The summed E-state index contributed by atoms with van der Waals surface area (Å²) in [7, 11) is 0. The van der Waals surface area contributed by atoms with Gasteiger partial charge in [-0.2, -0.15) is 0 Å². The quantitative estimate of drug-likeness (QED) is 0.648. The zero-order valence-electron chi connectivity index (χ0n) is 16.3. The molecule has 0 radical (unpaired) electrons. The van der Waals surface area contributed by atoms with E-state index in [4.69, 9.17) is 9.40 Å². The van der Waals surface area contributed by atoms with Crippen LogP contribution < -0.4 is 5.76 Å². The van der Waals surface area contributed by atoms with Crippen LogP contribution in [0.2, 0.25) is 0 Å². The standard InChI is InChI=1S/C22H23N5O2/c1-3-16(9-8-15(2)21-25-26-22(28)29-21)14-27-13-5-7-19(27)18-11-10-17-6-4-12-23-20(17)24-18/h3-4,6,8-12,19H,1,5,7,13-14H2,2H3,(H,26,28)/b15-8+,16-9+/t19-/m1/s1. The Morgan fingerprint density at radius 2 is 2.28 bits per heavy atom. The van der Waals surface area contributed by atoms with Gasteiger partial charge in [0.25, 0.3) is 0 Å². The first-order valence-electron chi connectivity index (χ1n) is 9.65. The maximum atomic E-state index is 11.1. The van der Waals surface area contributed by atoms with Crippen molar-refractivity contribution < 1.29 is 4.42 Å². The molecule has 4 heterocycles. The first-order chi connectivity index (χ1) is 14.1. The van der Waals surface area contributed by atoms with E-state index in [-0.39, 0.29) is 6.04 Å². The highest BCUT2D eigenvalue weighted by atomic mass is 16.4. The average Bonchev–Trinajstić information content (AvgIpc) is 3.39. The van der Waals surface area contributed by atoms with Gasteiger partial charge in [0.15, 0.2) is 5.65 Å². The number of likely N-dealkylation sites (tertiary alicyclic amines) is 1. The van der Waals surface area contributed by atoms with E-state index in [1.54, 1.807) is 6.20 Å². The first-order valence-corrected chi connectivity index (χ1v) is 9.65. The number of pyridine rings is 2. The van der Waals surface area contributed by atoms with Gasteiger partial charge in [-0.15, -0.1) is 5.10 Å². The largest absolute Gasteiger partial charge is 0.434 e. The smallest absolute Gasteiger partial charge is 0.388 e. The van der Waals surface area contributed by atoms with E-state index in [0.717, 1.165) is 53.8 Å². The molecule has 1 N–H and O–H groups in total. The minimum Gasteiger partial charge on any atom is -0.388 e. The van der Waals surface area contributed by atoms with E-state index in [9.17, 15) is 4.79 Å². The van der Waals surface area contributed by atoms with Crippen LogP contribution in [-0.4, -0.2) is 38.2 Å². The number of fused-ring (bicyclic) bond motifs is 1. The summed E-state index contributed by atoms with van der Waals surface area (Å²) in [5, 5.41) is 7.17. The number of nitrogens with one attached hydrogen (secondary N) is 1. The van der Waals surface area contributed by atoms with Gasteiger partial charge >= 0.3 is 5.76 Å². The third-order valence-electron chi connectivity index (χ3n) is 5.16. The molecule has 1 aliphatic heterocycles. The second-order valence-corrected chi connectivity index (χ2v) is 7.13. The predicted molar refractivity (Wildman–Crippen MR) is 112 cm³/mol. The molecule has 3 aromatic rings. The lowest BCUT2D eigenvalue weighted by molar-refractivity contribution is 0.277. The van der Waals surface area contributed by atoms with Crippen molar-refractivity contribution in [2.24, 2.45) is 0 Å². The molecule has 1 atom stereocenters. The third kappa shape index (κ3) is 4.25. The fourth-order valence-corrected chi connectivity index (χ4v) is 3.63. The monoisotopic (exact) mass is 389 g/mol. The number of nitrogens with zero attached hydrogens (tertiary/aromatic N) is 4. The number of aromatic nitrogens is 4. The summed E-state index contributed by atoms with van der Waals surface area (Å²) in [6.45, 7) is 7.58. The van der Waals surface area contributed by atoms with Crippen molar-refractivity contribution >= 4 is 16.6 Å². The van der Waals surface area contributed by atoms with Gasteiger partial charge in [0.2, 0.25) is 5.89 Å². The molecule has 7 nitrogen and oxygen atoms in total. The molecule has 0 aliphatic carbocycles. The fraction of sp³-hybridized carbons (Fsp3) is 0.273. The fourth-order valence-electron chi connectivity index (χ4n) is 3.63. The topological polar surface area (TPSA) is 87.9 Å². The number of rotatable bonds is 6. The van der Waals surface area contributed by atoms with E-state index < -0.39 is 5.76 Å². The summed E-state index contributed by atoms with van der Waals surface area (Å²) in [4.78, 5) is 22.7. The summed E-state index contributed by atoms with van der Waals surface area (Å²) in [5.74, 6) is -0.264. The van der Waals surface area contributed by atoms with Crippen molar-refractivity contribution in [1.82, 2.24) is 25.1 Å². The maximum absolute atomic E-state index is 11.1. The zero-order chi connectivity index (χ0) is 20.2. The summed E-state index contributed by atoms with van der Waals surface area (Å²) >= 11 is 0. The van der Waals surface area contributed by atoms with E-state index in [2.05, 4.69) is 38.8 Å². The molecule has 1 saturated heterocycles. The van der Waals surface area contributed by atoms with Gasteiger partial charge in [-0.3, -0.25) is 4.90 Å². The molecule has 0 bridgehead atoms. The van der Waals surface area contributed by atoms with Crippen LogP contribution in [0.5, 0.6) is 0 Å². The summed E-state index contributed by atoms with van der Waals surface area (Å²) in [6, 6.07) is 8.42. The van der Waals surface area contributed by atoms with Gasteiger partial charge in [-0.05, 0) is 56.1 Å². The van der Waals surface area contributed by atoms with E-state index in [1.807, 2.05) is 37.3 Å². The molecule has 0 aromatic carbocycles. The molecule has 1 fully saturated rings. The second kappa shape index (κ2) is 8.36. The molecule has 0 amide bonds. The van der Waals surface area contributed by atoms with E-state index in [0.29, 0.717) is 5.89 Å². The molecular weight excluding hydrogens is 366 g/mol. The Morgan fingerprint density at radius 3 is 3.07 bits per heavy atom. The van der Waals surface area contributed by atoms with Crippen LogP contribution in [0.1, 0.15) is 37.4 Å². The lowest BCUT2D eigenvalue weighted by Crippen LogP contribution is -2.26. The minimum atomic E-state index is -0.557. The second-order valence-electron chi connectivity index (χ2n) is 7.13. The van der Waals surface area contributed by atoms with Crippen LogP contribution in [-0.2, 0) is 0 Å². The number of H-pyrrole nitrogens is 1. The number of allylic oxidation sites excluding steroid dienone is 3. The van der Waals surface area contributed by atoms with Crippen LogP contribution in [0.15, 0.2) is 70.1 Å². The Hall–Kier alpha value is -3.32. The normalized spacial score (nSPS) is 18.4. The van der Waals surface area contributed by atoms with Gasteiger partial charge in [-0.1, -0.05) is 24.8 Å². The summed E-state index contributed by atoms with van der Waals surface area (Å²) < 4.78 is 4.98. The van der Waals surface area contributed by atoms with Crippen LogP contribution in [0.25, 0.3) is 16.6 Å². The molecular formula is C22H23N5O2. The Balaban J connectivity index is 1.53. The van der Waals surface area contributed by atoms with Crippen molar-refractivity contribution in [2.45, 2.75) is 25.8 Å². The maximum Gasteiger partial charge on any atom is 0.434 e. The Bertz CT molecular complexity index is 1140. The van der Waals surface area contributed by atoms with Crippen molar-refractivity contribution in [1.29, 1.82) is 0 Å². The molecule has 4 rings (SSSR count). The highest BCUT2D eigenvalue weighted by molar-refractivity contribution is 5.74. The molecule has 0 saturated carbocycles. The zero-order valence-corrected chi connectivity index (χ0v) is 16.3. The number of aromatic amines is 1. The third-order valence-corrected chi connectivity index (χ3v) is 5.16. The molecule has 3 aromatic heterocycles. The van der Waals surface area contributed by atoms with Crippen molar-refractivity contribution in [3.05, 3.63) is 83.0 Å². The first kappa shape index (κ1) is 19.0. The van der Waals surface area contributed by atoms with Gasteiger partial charge in [0.05, 0.1) is 11.7 Å². The molecule has 0 unspecified atom stereocenters. The van der Waals surface area contributed by atoms with E-state index >= 15 is 0 Å². The highest BCUT2D eigenvalue weighted by Crippen LogP contribution is 2.32. The minimum absolute atomic E-state index is 0.263. The Kier molecular flexibility index (Phi) is 5.48. The van der Waals surface area contributed by atoms with Crippen molar-refractivity contribution in [2.75, 3.05) is 13.1 Å². The Labute approximate surface area is 168 Å². The van der Waals surface area contributed by atoms with Gasteiger partial charge in [0, 0.05) is 23.7 Å². The van der Waals surface area contributed by atoms with Gasteiger partial charge in [0.1, 0.15) is 0 Å². The highest BCUT2D eigenvalue weighted by Gasteiger charge is 2.27.